The number of nitrogens with zero attached hydrogens (tertiary/aromatic N) is 1. The number of aromatic nitrogens is 1. The van der Waals surface area contributed by atoms with Gasteiger partial charge in [0.25, 0.3) is 15.9 Å². The second-order valence-electron chi connectivity index (χ2n) is 5.90. The number of rotatable bonds is 7. The van der Waals surface area contributed by atoms with Crippen LogP contribution in [0.1, 0.15) is 10.4 Å². The molecule has 0 atom stereocenters. The normalized spacial score (nSPS) is 10.8. The van der Waals surface area contributed by atoms with Crippen LogP contribution in [-0.4, -0.2) is 33.5 Å². The van der Waals surface area contributed by atoms with Gasteiger partial charge in [-0.05, 0) is 42.5 Å². The highest BCUT2D eigenvalue weighted by Crippen LogP contribution is 2.30. The first kappa shape index (κ1) is 20.2. The Labute approximate surface area is 168 Å². The van der Waals surface area contributed by atoms with Crippen molar-refractivity contribution in [2.75, 3.05) is 24.3 Å². The van der Waals surface area contributed by atoms with E-state index in [-0.39, 0.29) is 22.2 Å². The lowest BCUT2D eigenvalue weighted by Gasteiger charge is -2.13. The van der Waals surface area contributed by atoms with Crippen LogP contribution in [0.2, 0.25) is 0 Å². The fourth-order valence-corrected chi connectivity index (χ4v) is 3.80. The molecule has 3 aromatic rings. The molecule has 0 saturated heterocycles. The molecule has 9 heteroatoms. The predicted octanol–water partition coefficient (Wildman–Crippen LogP) is 3.15. The highest BCUT2D eigenvalue weighted by atomic mass is 32.2. The summed E-state index contributed by atoms with van der Waals surface area (Å²) in [6.45, 7) is 0. The van der Waals surface area contributed by atoms with Gasteiger partial charge in [-0.25, -0.2) is 8.42 Å². The number of hydrogen-bond donors (Lipinski definition) is 2. The third-order valence-corrected chi connectivity index (χ3v) is 5.36. The maximum Gasteiger partial charge on any atom is 0.265 e. The Morgan fingerprint density at radius 3 is 2.45 bits per heavy atom. The molecule has 2 N–H and O–H groups in total. The van der Waals surface area contributed by atoms with Crippen LogP contribution in [0.25, 0.3) is 0 Å². The minimum absolute atomic E-state index is 0.0656. The minimum Gasteiger partial charge on any atom is -0.497 e. The van der Waals surface area contributed by atoms with E-state index in [1.807, 2.05) is 0 Å². The van der Waals surface area contributed by atoms with Crippen LogP contribution in [0.5, 0.6) is 11.5 Å². The lowest BCUT2D eigenvalue weighted by Crippen LogP contribution is -2.15. The van der Waals surface area contributed by atoms with Gasteiger partial charge in [-0.3, -0.25) is 14.5 Å². The van der Waals surface area contributed by atoms with Gasteiger partial charge >= 0.3 is 0 Å². The summed E-state index contributed by atoms with van der Waals surface area (Å²) in [6.07, 6.45) is 3.01. The summed E-state index contributed by atoms with van der Waals surface area (Å²) in [4.78, 5) is 16.1. The number of amides is 1. The zero-order valence-corrected chi connectivity index (χ0v) is 16.6. The standard InChI is InChI=1S/C20H19N3O5S/c1-27-17-8-9-18(28-2)19(12-17)29(25,26)23-16-7-3-6-15(11-16)22-20(24)14-5-4-10-21-13-14/h3-13,23H,1-2H3,(H,22,24). The quantitative estimate of drug-likeness (QED) is 0.616. The molecule has 0 aliphatic carbocycles. The van der Waals surface area contributed by atoms with Gasteiger partial charge in [-0.2, -0.15) is 0 Å². The van der Waals surface area contributed by atoms with Gasteiger partial charge in [0.2, 0.25) is 0 Å². The number of carbonyl (C=O) groups is 1. The maximum atomic E-state index is 12.9. The predicted molar refractivity (Wildman–Crippen MR) is 109 cm³/mol. The molecule has 2 aromatic carbocycles. The summed E-state index contributed by atoms with van der Waals surface area (Å²) in [5.41, 5.74) is 1.09. The fraction of sp³-hybridized carbons (Fsp3) is 0.100. The van der Waals surface area contributed by atoms with Gasteiger partial charge < -0.3 is 14.8 Å². The monoisotopic (exact) mass is 413 g/mol. The molecule has 150 valence electrons. The zero-order chi connectivity index (χ0) is 20.9. The van der Waals surface area contributed by atoms with Gasteiger partial charge in [0.1, 0.15) is 16.4 Å². The summed E-state index contributed by atoms with van der Waals surface area (Å²) in [7, 11) is -1.13. The SMILES string of the molecule is COc1ccc(OC)c(S(=O)(=O)Nc2cccc(NC(=O)c3cccnc3)c2)c1. The highest BCUT2D eigenvalue weighted by Gasteiger charge is 2.21. The molecule has 8 nitrogen and oxygen atoms in total. The summed E-state index contributed by atoms with van der Waals surface area (Å²) < 4.78 is 38.5. The number of anilines is 2. The number of ether oxygens (including phenoxy) is 2. The summed E-state index contributed by atoms with van der Waals surface area (Å²) in [5, 5.41) is 2.71. The number of methoxy groups -OCH3 is 2. The van der Waals surface area contributed by atoms with Crippen molar-refractivity contribution in [2.24, 2.45) is 0 Å². The van der Waals surface area contributed by atoms with Crippen molar-refractivity contribution in [3.8, 4) is 11.5 Å². The van der Waals surface area contributed by atoms with E-state index in [2.05, 4.69) is 15.0 Å². The summed E-state index contributed by atoms with van der Waals surface area (Å²) in [5.74, 6) is 0.204. The lowest BCUT2D eigenvalue weighted by molar-refractivity contribution is 0.102. The van der Waals surface area contributed by atoms with Crippen molar-refractivity contribution < 1.29 is 22.7 Å². The Morgan fingerprint density at radius 2 is 1.76 bits per heavy atom. The Hall–Kier alpha value is -3.59. The van der Waals surface area contributed by atoms with Crippen LogP contribution < -0.4 is 19.5 Å². The average Bonchev–Trinajstić information content (AvgIpc) is 2.73. The van der Waals surface area contributed by atoms with Crippen LogP contribution in [0.15, 0.2) is 71.9 Å². The Kier molecular flexibility index (Phi) is 5.99. The molecule has 0 bridgehead atoms. The van der Waals surface area contributed by atoms with Crippen LogP contribution in [-0.2, 0) is 10.0 Å². The largest absolute Gasteiger partial charge is 0.497 e. The van der Waals surface area contributed by atoms with Crippen molar-refractivity contribution in [2.45, 2.75) is 4.90 Å². The highest BCUT2D eigenvalue weighted by molar-refractivity contribution is 7.92. The second-order valence-corrected chi connectivity index (χ2v) is 7.55. The average molecular weight is 413 g/mol. The molecule has 0 aliphatic rings. The van der Waals surface area contributed by atoms with Gasteiger partial charge in [-0.1, -0.05) is 6.07 Å². The molecule has 0 fully saturated rings. The van der Waals surface area contributed by atoms with E-state index in [1.54, 1.807) is 42.6 Å². The van der Waals surface area contributed by atoms with E-state index in [4.69, 9.17) is 9.47 Å². The molecular formula is C20H19N3O5S. The molecule has 0 unspecified atom stereocenters. The summed E-state index contributed by atoms with van der Waals surface area (Å²) >= 11 is 0. The number of benzene rings is 2. The molecule has 1 aromatic heterocycles. The van der Waals surface area contributed by atoms with Crippen LogP contribution in [0.3, 0.4) is 0 Å². The number of nitrogens with one attached hydrogen (secondary N) is 2. The molecule has 1 amide bonds. The maximum absolute atomic E-state index is 12.9. The molecule has 29 heavy (non-hydrogen) atoms. The smallest absolute Gasteiger partial charge is 0.265 e. The summed E-state index contributed by atoms with van der Waals surface area (Å²) in [6, 6.07) is 14.1. The molecule has 1 heterocycles. The van der Waals surface area contributed by atoms with Gasteiger partial charge in [0.05, 0.1) is 25.5 Å². The molecule has 0 spiro atoms. The van der Waals surface area contributed by atoms with Crippen molar-refractivity contribution in [3.05, 3.63) is 72.6 Å². The fourth-order valence-electron chi connectivity index (χ4n) is 2.56. The van der Waals surface area contributed by atoms with Crippen LogP contribution in [0, 0.1) is 0 Å². The van der Waals surface area contributed by atoms with E-state index >= 15 is 0 Å². The van der Waals surface area contributed by atoms with Gasteiger partial charge in [0, 0.05) is 24.1 Å². The van der Waals surface area contributed by atoms with E-state index in [0.29, 0.717) is 17.0 Å². The minimum atomic E-state index is -3.96. The Morgan fingerprint density at radius 1 is 0.966 bits per heavy atom. The van der Waals surface area contributed by atoms with Crippen molar-refractivity contribution in [1.82, 2.24) is 4.98 Å². The van der Waals surface area contributed by atoms with Crippen LogP contribution >= 0.6 is 0 Å². The number of carbonyl (C=O) groups excluding carboxylic acids is 1. The zero-order valence-electron chi connectivity index (χ0n) is 15.7. The third kappa shape index (κ3) is 4.82. The van der Waals surface area contributed by atoms with Gasteiger partial charge in [0.15, 0.2) is 0 Å². The Balaban J connectivity index is 1.84. The first-order chi connectivity index (χ1) is 13.9. The number of hydrogen-bond acceptors (Lipinski definition) is 6. The first-order valence-corrected chi connectivity index (χ1v) is 9.97. The molecular weight excluding hydrogens is 394 g/mol. The van der Waals surface area contributed by atoms with E-state index < -0.39 is 10.0 Å². The second kappa shape index (κ2) is 8.61. The molecule has 0 saturated carbocycles. The van der Waals surface area contributed by atoms with Crippen molar-refractivity contribution in [3.63, 3.8) is 0 Å². The third-order valence-electron chi connectivity index (χ3n) is 3.96. The number of sulfonamides is 1. The van der Waals surface area contributed by atoms with Crippen LogP contribution in [0.4, 0.5) is 11.4 Å². The van der Waals surface area contributed by atoms with E-state index in [1.165, 1.54) is 38.6 Å². The van der Waals surface area contributed by atoms with E-state index in [9.17, 15) is 13.2 Å². The van der Waals surface area contributed by atoms with E-state index in [0.717, 1.165) is 0 Å². The first-order valence-electron chi connectivity index (χ1n) is 8.49. The van der Waals surface area contributed by atoms with Gasteiger partial charge in [-0.15, -0.1) is 0 Å². The molecule has 0 radical (unpaired) electrons. The molecule has 3 rings (SSSR count). The number of pyridine rings is 1. The Bertz CT molecular complexity index is 1120. The van der Waals surface area contributed by atoms with Crippen molar-refractivity contribution >= 4 is 27.3 Å². The molecule has 0 aliphatic heterocycles. The lowest BCUT2D eigenvalue weighted by atomic mass is 10.2. The topological polar surface area (TPSA) is 107 Å². The van der Waals surface area contributed by atoms with Crippen molar-refractivity contribution in [1.29, 1.82) is 0 Å².